The van der Waals surface area contributed by atoms with Crippen LogP contribution in [0.4, 0.5) is 27.5 Å². The van der Waals surface area contributed by atoms with Crippen LogP contribution in [0.3, 0.4) is 0 Å². The minimum Gasteiger partial charge on any atom is -0.421 e. The summed E-state index contributed by atoms with van der Waals surface area (Å²) in [4.78, 5) is 8.72. The maximum atomic E-state index is 13.1. The van der Waals surface area contributed by atoms with Gasteiger partial charge in [0.2, 0.25) is 17.7 Å². The zero-order valence-corrected chi connectivity index (χ0v) is 16.2. The number of anilines is 4. The topological polar surface area (TPSA) is 88.8 Å². The Morgan fingerprint density at radius 1 is 0.929 bits per heavy atom. The third-order valence-corrected chi connectivity index (χ3v) is 4.35. The molecule has 0 aliphatic heterocycles. The standard InChI is InChI=1S/C19H14BrFN6O/c1-11-26-27-18(28-11)12-2-6-15(7-3-12)24-19-22-10-16(20)17(25-19)23-14-8-4-13(21)5-9-14/h2-10H,1H3,(H2,22,23,24,25). The van der Waals surface area contributed by atoms with Crippen LogP contribution in [-0.2, 0) is 0 Å². The summed E-state index contributed by atoms with van der Waals surface area (Å²) in [5.41, 5.74) is 2.34. The normalized spacial score (nSPS) is 10.7. The number of nitrogens with one attached hydrogen (secondary N) is 2. The average Bonchev–Trinajstić information content (AvgIpc) is 3.13. The number of aromatic nitrogens is 4. The molecule has 0 spiro atoms. The average molecular weight is 441 g/mol. The summed E-state index contributed by atoms with van der Waals surface area (Å²) in [5, 5.41) is 14.1. The van der Waals surface area contributed by atoms with E-state index >= 15 is 0 Å². The first-order valence-corrected chi connectivity index (χ1v) is 9.09. The SMILES string of the molecule is Cc1nnc(-c2ccc(Nc3ncc(Br)c(Nc4ccc(F)cc4)n3)cc2)o1. The van der Waals surface area contributed by atoms with Crippen LogP contribution in [0.5, 0.6) is 0 Å². The molecule has 2 heterocycles. The molecule has 7 nitrogen and oxygen atoms in total. The molecule has 4 rings (SSSR count). The third-order valence-electron chi connectivity index (χ3n) is 3.77. The van der Waals surface area contributed by atoms with Crippen molar-refractivity contribution in [2.45, 2.75) is 6.92 Å². The zero-order chi connectivity index (χ0) is 19.5. The Balaban J connectivity index is 1.51. The second-order valence-corrected chi connectivity index (χ2v) is 6.70. The van der Waals surface area contributed by atoms with Gasteiger partial charge < -0.3 is 15.1 Å². The highest BCUT2D eigenvalue weighted by molar-refractivity contribution is 9.10. The van der Waals surface area contributed by atoms with E-state index in [0.29, 0.717) is 33.7 Å². The maximum absolute atomic E-state index is 13.1. The van der Waals surface area contributed by atoms with Gasteiger partial charge in [-0.3, -0.25) is 0 Å². The van der Waals surface area contributed by atoms with E-state index in [2.05, 4.69) is 46.7 Å². The van der Waals surface area contributed by atoms with Crippen LogP contribution >= 0.6 is 15.9 Å². The zero-order valence-electron chi connectivity index (χ0n) is 14.6. The summed E-state index contributed by atoms with van der Waals surface area (Å²) in [6.45, 7) is 1.74. The van der Waals surface area contributed by atoms with Crippen molar-refractivity contribution in [1.29, 1.82) is 0 Å². The van der Waals surface area contributed by atoms with E-state index in [-0.39, 0.29) is 5.82 Å². The van der Waals surface area contributed by atoms with Crippen LogP contribution < -0.4 is 10.6 Å². The molecule has 0 amide bonds. The molecule has 0 bridgehead atoms. The van der Waals surface area contributed by atoms with Crippen LogP contribution in [-0.4, -0.2) is 20.2 Å². The van der Waals surface area contributed by atoms with Crippen LogP contribution in [0.2, 0.25) is 0 Å². The van der Waals surface area contributed by atoms with Gasteiger partial charge in [-0.05, 0) is 64.5 Å². The minimum absolute atomic E-state index is 0.297. The van der Waals surface area contributed by atoms with E-state index in [4.69, 9.17) is 4.42 Å². The Hall–Kier alpha value is -3.33. The van der Waals surface area contributed by atoms with Crippen molar-refractivity contribution in [3.05, 3.63) is 70.9 Å². The van der Waals surface area contributed by atoms with Crippen molar-refractivity contribution >= 4 is 39.1 Å². The molecule has 0 aliphatic rings. The van der Waals surface area contributed by atoms with E-state index in [1.807, 2.05) is 24.3 Å². The van der Waals surface area contributed by atoms with Gasteiger partial charge in [0, 0.05) is 30.1 Å². The lowest BCUT2D eigenvalue weighted by molar-refractivity contribution is 0.533. The summed E-state index contributed by atoms with van der Waals surface area (Å²) in [6, 6.07) is 13.5. The van der Waals surface area contributed by atoms with Gasteiger partial charge in [0.15, 0.2) is 0 Å². The Labute approximate surface area is 168 Å². The molecule has 2 aromatic heterocycles. The van der Waals surface area contributed by atoms with Crippen LogP contribution in [0, 0.1) is 12.7 Å². The Morgan fingerprint density at radius 3 is 2.29 bits per heavy atom. The lowest BCUT2D eigenvalue weighted by Crippen LogP contribution is -2.01. The Morgan fingerprint density at radius 2 is 1.61 bits per heavy atom. The maximum Gasteiger partial charge on any atom is 0.247 e. The molecule has 0 atom stereocenters. The van der Waals surface area contributed by atoms with Crippen LogP contribution in [0.1, 0.15) is 5.89 Å². The van der Waals surface area contributed by atoms with Gasteiger partial charge in [0.05, 0.1) is 4.47 Å². The molecule has 9 heteroatoms. The molecule has 0 radical (unpaired) electrons. The second kappa shape index (κ2) is 7.73. The molecule has 0 fully saturated rings. The molecular formula is C19H14BrFN6O. The first kappa shape index (κ1) is 18.1. The van der Waals surface area contributed by atoms with Crippen LogP contribution in [0.25, 0.3) is 11.5 Å². The highest BCUT2D eigenvalue weighted by Crippen LogP contribution is 2.26. The van der Waals surface area contributed by atoms with Crippen molar-refractivity contribution in [3.8, 4) is 11.5 Å². The summed E-state index contributed by atoms with van der Waals surface area (Å²) in [6.07, 6.45) is 1.64. The van der Waals surface area contributed by atoms with Gasteiger partial charge in [-0.15, -0.1) is 10.2 Å². The highest BCUT2D eigenvalue weighted by atomic mass is 79.9. The molecular weight excluding hydrogens is 427 g/mol. The van der Waals surface area contributed by atoms with Gasteiger partial charge in [-0.1, -0.05) is 0 Å². The number of halogens is 2. The van der Waals surface area contributed by atoms with Crippen molar-refractivity contribution in [2.24, 2.45) is 0 Å². The van der Waals surface area contributed by atoms with E-state index < -0.39 is 0 Å². The van der Waals surface area contributed by atoms with Gasteiger partial charge in [-0.2, -0.15) is 4.98 Å². The number of nitrogens with zero attached hydrogens (tertiary/aromatic N) is 4. The van der Waals surface area contributed by atoms with Crippen LogP contribution in [0.15, 0.2) is 63.6 Å². The summed E-state index contributed by atoms with van der Waals surface area (Å²) < 4.78 is 19.2. The predicted molar refractivity (Wildman–Crippen MR) is 107 cm³/mol. The number of hydrogen-bond donors (Lipinski definition) is 2. The van der Waals surface area contributed by atoms with Gasteiger partial charge >= 0.3 is 0 Å². The predicted octanol–water partition coefficient (Wildman–Crippen LogP) is 5.22. The molecule has 0 aliphatic carbocycles. The van der Waals surface area contributed by atoms with Crippen molar-refractivity contribution in [2.75, 3.05) is 10.6 Å². The minimum atomic E-state index is -0.297. The van der Waals surface area contributed by atoms with Gasteiger partial charge in [0.25, 0.3) is 0 Å². The highest BCUT2D eigenvalue weighted by Gasteiger charge is 2.08. The molecule has 28 heavy (non-hydrogen) atoms. The lowest BCUT2D eigenvalue weighted by Gasteiger charge is -2.10. The number of rotatable bonds is 5. The molecule has 2 aromatic carbocycles. The fourth-order valence-electron chi connectivity index (χ4n) is 2.42. The largest absolute Gasteiger partial charge is 0.421 e. The van der Waals surface area contributed by atoms with Crippen molar-refractivity contribution in [3.63, 3.8) is 0 Å². The van der Waals surface area contributed by atoms with Gasteiger partial charge in [-0.25, -0.2) is 9.37 Å². The number of aryl methyl sites for hydroxylation is 1. The smallest absolute Gasteiger partial charge is 0.247 e. The Bertz CT molecular complexity index is 1100. The molecule has 2 N–H and O–H groups in total. The third kappa shape index (κ3) is 4.15. The van der Waals surface area contributed by atoms with E-state index in [9.17, 15) is 4.39 Å². The summed E-state index contributed by atoms with van der Waals surface area (Å²) in [5.74, 6) is 1.65. The van der Waals surface area contributed by atoms with Crippen molar-refractivity contribution < 1.29 is 8.81 Å². The fourth-order valence-corrected chi connectivity index (χ4v) is 2.71. The monoisotopic (exact) mass is 440 g/mol. The fraction of sp³-hybridized carbons (Fsp3) is 0.0526. The summed E-state index contributed by atoms with van der Waals surface area (Å²) in [7, 11) is 0. The molecule has 140 valence electrons. The van der Waals surface area contributed by atoms with Gasteiger partial charge in [0.1, 0.15) is 11.6 Å². The molecule has 0 unspecified atom stereocenters. The Kier molecular flexibility index (Phi) is 4.98. The van der Waals surface area contributed by atoms with Crippen molar-refractivity contribution in [1.82, 2.24) is 20.2 Å². The quantitative estimate of drug-likeness (QED) is 0.439. The number of hydrogen-bond acceptors (Lipinski definition) is 7. The number of benzene rings is 2. The van der Waals surface area contributed by atoms with E-state index in [1.165, 1.54) is 12.1 Å². The van der Waals surface area contributed by atoms with E-state index in [0.717, 1.165) is 11.3 Å². The second-order valence-electron chi connectivity index (χ2n) is 5.85. The molecule has 0 saturated heterocycles. The lowest BCUT2D eigenvalue weighted by atomic mass is 10.2. The summed E-state index contributed by atoms with van der Waals surface area (Å²) >= 11 is 3.41. The molecule has 4 aromatic rings. The first-order valence-electron chi connectivity index (χ1n) is 8.29. The molecule has 0 saturated carbocycles. The first-order chi connectivity index (χ1) is 13.6. The van der Waals surface area contributed by atoms with E-state index in [1.54, 1.807) is 25.3 Å².